The highest BCUT2D eigenvalue weighted by Gasteiger charge is 2.28. The molecule has 1 rings (SSSR count). The summed E-state index contributed by atoms with van der Waals surface area (Å²) in [6.07, 6.45) is 0.231. The monoisotopic (exact) mass is 319 g/mol. The van der Waals surface area contributed by atoms with Crippen molar-refractivity contribution in [1.29, 1.82) is 0 Å². The molecule has 21 heavy (non-hydrogen) atoms. The lowest BCUT2D eigenvalue weighted by atomic mass is 10.1. The fraction of sp³-hybridized carbons (Fsp3) is 0.444. The van der Waals surface area contributed by atoms with Gasteiger partial charge in [-0.1, -0.05) is 5.21 Å². The highest BCUT2D eigenvalue weighted by atomic mass is 31.2. The molecule has 0 bridgehead atoms. The Bertz CT molecular complexity index is 608. The van der Waals surface area contributed by atoms with Gasteiger partial charge in [-0.05, 0) is 0 Å². The van der Waals surface area contributed by atoms with Crippen LogP contribution in [-0.4, -0.2) is 48.4 Å². The van der Waals surface area contributed by atoms with Gasteiger partial charge in [0.15, 0.2) is 11.2 Å². The molecule has 11 nitrogen and oxygen atoms in total. The van der Waals surface area contributed by atoms with Gasteiger partial charge in [0, 0.05) is 6.92 Å². The maximum Gasteiger partial charge on any atom is 0.375 e. The van der Waals surface area contributed by atoms with Crippen LogP contribution in [0.2, 0.25) is 0 Å². The molecule has 1 aromatic heterocycles. The third-order valence-corrected chi connectivity index (χ3v) is 3.31. The van der Waals surface area contributed by atoms with E-state index in [1.54, 1.807) is 0 Å². The minimum absolute atomic E-state index is 0.383. The number of hydrogen-bond donors (Lipinski definition) is 4. The summed E-state index contributed by atoms with van der Waals surface area (Å²) < 4.78 is 12.0. The van der Waals surface area contributed by atoms with Crippen LogP contribution < -0.4 is 16.5 Å². The second kappa shape index (κ2) is 6.57. The average Bonchev–Trinajstić information content (AvgIpc) is 2.74. The number of Topliss-reactive ketones (excluding diaryl/α,β-unsaturated/α-hetero) is 1. The summed E-state index contributed by atoms with van der Waals surface area (Å²) in [6, 6.07) is -1.21. The van der Waals surface area contributed by atoms with E-state index in [1.165, 1.54) is 0 Å². The molecule has 0 aliphatic heterocycles. The van der Waals surface area contributed by atoms with Gasteiger partial charge in [0.05, 0.1) is 19.2 Å². The molecule has 0 spiro atoms. The molecule has 1 aromatic rings. The maximum atomic E-state index is 11.8. The van der Waals surface area contributed by atoms with Crippen molar-refractivity contribution in [3.63, 3.8) is 0 Å². The number of ketones is 1. The number of nitrogens with one attached hydrogen (secondary N) is 1. The van der Waals surface area contributed by atoms with Crippen molar-refractivity contribution in [1.82, 2.24) is 20.3 Å². The van der Waals surface area contributed by atoms with E-state index in [0.717, 1.165) is 17.8 Å². The Hall–Kier alpha value is -2.10. The Morgan fingerprint density at radius 3 is 2.57 bits per heavy atom. The van der Waals surface area contributed by atoms with E-state index in [4.69, 9.17) is 15.5 Å². The first-order chi connectivity index (χ1) is 9.61. The molecule has 116 valence electrons. The Morgan fingerprint density at radius 1 is 1.48 bits per heavy atom. The van der Waals surface area contributed by atoms with Gasteiger partial charge in [0.2, 0.25) is 11.8 Å². The lowest BCUT2D eigenvalue weighted by Crippen LogP contribution is -2.45. The molecule has 1 heterocycles. The first kappa shape index (κ1) is 17.0. The maximum absolute atomic E-state index is 11.8. The Balaban J connectivity index is 2.99. The third-order valence-electron chi connectivity index (χ3n) is 2.37. The topological polar surface area (TPSA) is 178 Å². The average molecular weight is 319 g/mol. The van der Waals surface area contributed by atoms with Gasteiger partial charge in [-0.2, -0.15) is 0 Å². The van der Waals surface area contributed by atoms with Crippen LogP contribution in [0.25, 0.3) is 0 Å². The molecule has 0 fully saturated rings. The predicted octanol–water partition coefficient (Wildman–Crippen LogP) is -2.97. The molecule has 2 amide bonds. The normalized spacial score (nSPS) is 12.7. The van der Waals surface area contributed by atoms with Crippen LogP contribution in [0.15, 0.2) is 6.20 Å². The van der Waals surface area contributed by atoms with Crippen LogP contribution >= 0.6 is 7.60 Å². The minimum Gasteiger partial charge on any atom is -0.369 e. The van der Waals surface area contributed by atoms with Crippen LogP contribution in [-0.2, 0) is 25.5 Å². The Labute approximate surface area is 118 Å². The summed E-state index contributed by atoms with van der Waals surface area (Å²) in [5.41, 5.74) is 4.39. The molecule has 1 atom stereocenters. The molecule has 0 saturated heterocycles. The molecule has 0 aliphatic rings. The molecule has 0 aliphatic carbocycles. The summed E-state index contributed by atoms with van der Waals surface area (Å²) in [6.45, 7) is 0.766. The van der Waals surface area contributed by atoms with Gasteiger partial charge in [0.25, 0.3) is 0 Å². The smallest absolute Gasteiger partial charge is 0.369 e. The van der Waals surface area contributed by atoms with Crippen LogP contribution in [0.1, 0.15) is 13.3 Å². The number of nitrogens with two attached hydrogens (primary N) is 1. The summed E-state index contributed by atoms with van der Waals surface area (Å²) in [4.78, 5) is 51.8. The van der Waals surface area contributed by atoms with E-state index in [2.05, 4.69) is 15.6 Å². The highest BCUT2D eigenvalue weighted by Crippen LogP contribution is 2.32. The zero-order valence-corrected chi connectivity index (χ0v) is 11.9. The molecule has 0 aromatic carbocycles. The van der Waals surface area contributed by atoms with Crippen molar-refractivity contribution in [3.8, 4) is 0 Å². The van der Waals surface area contributed by atoms with E-state index >= 15 is 0 Å². The standard InChI is InChI=1S/C9H14N5O6P/c1-5(15)12-6(7(16)2-8(10)17)4-14-9(3-11-13-14)21(18,19)20/h3,6H,2,4H2,1H3,(H2,10,17)(H,12,15)(H2,18,19,20)/t6-/m0/s1. The number of carbonyl (C=O) groups excluding carboxylic acids is 3. The van der Waals surface area contributed by atoms with Crippen molar-refractivity contribution in [3.05, 3.63) is 6.20 Å². The highest BCUT2D eigenvalue weighted by molar-refractivity contribution is 7.60. The zero-order valence-electron chi connectivity index (χ0n) is 11.0. The summed E-state index contributed by atoms with van der Waals surface area (Å²) in [5.74, 6) is -2.15. The Kier molecular flexibility index (Phi) is 5.30. The number of rotatable bonds is 7. The third kappa shape index (κ3) is 5.06. The fourth-order valence-electron chi connectivity index (χ4n) is 1.55. The number of nitrogens with zero attached hydrogens (tertiary/aromatic N) is 3. The second-order valence-electron chi connectivity index (χ2n) is 4.18. The van der Waals surface area contributed by atoms with Gasteiger partial charge in [-0.3, -0.25) is 18.9 Å². The molecule has 0 saturated carbocycles. The quantitative estimate of drug-likeness (QED) is 0.304. The van der Waals surface area contributed by atoms with Crippen molar-refractivity contribution < 1.29 is 28.7 Å². The van der Waals surface area contributed by atoms with E-state index in [9.17, 15) is 18.9 Å². The van der Waals surface area contributed by atoms with E-state index in [1.807, 2.05) is 0 Å². The molecule has 12 heteroatoms. The first-order valence-corrected chi connectivity index (χ1v) is 7.25. The largest absolute Gasteiger partial charge is 0.375 e. The first-order valence-electron chi connectivity index (χ1n) is 5.64. The van der Waals surface area contributed by atoms with Gasteiger partial charge in [-0.25, -0.2) is 4.68 Å². The van der Waals surface area contributed by atoms with Crippen LogP contribution in [0.3, 0.4) is 0 Å². The summed E-state index contributed by atoms with van der Waals surface area (Å²) in [5, 5.41) is 9.06. The molecule has 5 N–H and O–H groups in total. The Morgan fingerprint density at radius 2 is 2.10 bits per heavy atom. The van der Waals surface area contributed by atoms with E-state index < -0.39 is 43.1 Å². The van der Waals surface area contributed by atoms with Crippen molar-refractivity contribution in [2.45, 2.75) is 25.9 Å². The van der Waals surface area contributed by atoms with E-state index in [-0.39, 0.29) is 6.54 Å². The fourth-order valence-corrected chi connectivity index (χ4v) is 2.17. The summed E-state index contributed by atoms with van der Waals surface area (Å²) >= 11 is 0. The number of aromatic nitrogens is 3. The van der Waals surface area contributed by atoms with Crippen LogP contribution in [0.5, 0.6) is 0 Å². The van der Waals surface area contributed by atoms with Gasteiger partial charge in [-0.15, -0.1) is 5.10 Å². The van der Waals surface area contributed by atoms with Gasteiger partial charge in [0.1, 0.15) is 6.04 Å². The molecular formula is C9H14N5O6P. The second-order valence-corrected chi connectivity index (χ2v) is 5.73. The predicted molar refractivity (Wildman–Crippen MR) is 68.1 cm³/mol. The van der Waals surface area contributed by atoms with Crippen molar-refractivity contribution in [2.24, 2.45) is 5.73 Å². The lowest BCUT2D eigenvalue weighted by molar-refractivity contribution is -0.130. The van der Waals surface area contributed by atoms with E-state index in [0.29, 0.717) is 0 Å². The number of carbonyl (C=O) groups is 3. The van der Waals surface area contributed by atoms with Crippen molar-refractivity contribution >= 4 is 30.6 Å². The SMILES string of the molecule is CC(=O)N[C@@H](Cn1nncc1P(=O)(O)O)C(=O)CC(N)=O. The van der Waals surface area contributed by atoms with Gasteiger partial charge < -0.3 is 20.8 Å². The molecule has 0 unspecified atom stereocenters. The lowest BCUT2D eigenvalue weighted by Gasteiger charge is -2.17. The van der Waals surface area contributed by atoms with Crippen LogP contribution in [0.4, 0.5) is 0 Å². The van der Waals surface area contributed by atoms with Crippen LogP contribution in [0, 0.1) is 0 Å². The minimum atomic E-state index is -4.63. The number of amides is 2. The van der Waals surface area contributed by atoms with Crippen molar-refractivity contribution in [2.75, 3.05) is 0 Å². The molecule has 0 radical (unpaired) electrons. The zero-order chi connectivity index (χ0) is 16.2. The number of hydrogen-bond acceptors (Lipinski definition) is 6. The molecular weight excluding hydrogens is 305 g/mol. The van der Waals surface area contributed by atoms with Gasteiger partial charge >= 0.3 is 7.60 Å². The summed E-state index contributed by atoms with van der Waals surface area (Å²) in [7, 11) is -4.63. The number of primary amides is 1.